The maximum Gasteiger partial charge on any atom is 0.255 e. The Kier molecular flexibility index (Phi) is 7.08. The molecule has 0 aliphatic carbocycles. The first-order chi connectivity index (χ1) is 14.4. The maximum absolute atomic E-state index is 13.0. The third kappa shape index (κ3) is 6.09. The summed E-state index contributed by atoms with van der Waals surface area (Å²) < 4.78 is 13.9. The Hall–Kier alpha value is -3.32. The smallest absolute Gasteiger partial charge is 0.255 e. The number of benzene rings is 3. The molecule has 7 heteroatoms. The lowest BCUT2D eigenvalue weighted by Crippen LogP contribution is -2.21. The van der Waals surface area contributed by atoms with Crippen molar-refractivity contribution in [3.05, 3.63) is 99.8 Å². The van der Waals surface area contributed by atoms with Crippen molar-refractivity contribution in [3.63, 3.8) is 0 Å². The second-order valence-electron chi connectivity index (χ2n) is 6.57. The summed E-state index contributed by atoms with van der Waals surface area (Å²) >= 11 is 3.36. The van der Waals surface area contributed by atoms with E-state index in [0.29, 0.717) is 17.0 Å². The van der Waals surface area contributed by atoms with E-state index in [1.165, 1.54) is 24.3 Å². The quantitative estimate of drug-likeness (QED) is 0.398. The van der Waals surface area contributed by atoms with E-state index in [-0.39, 0.29) is 18.2 Å². The van der Waals surface area contributed by atoms with Gasteiger partial charge in [-0.3, -0.25) is 9.59 Å². The molecule has 0 saturated heterocycles. The number of hydrazone groups is 1. The van der Waals surface area contributed by atoms with Gasteiger partial charge in [0.15, 0.2) is 0 Å². The number of halogens is 2. The number of rotatable bonds is 6. The highest BCUT2D eigenvalue weighted by Gasteiger charge is 2.07. The molecule has 0 bridgehead atoms. The van der Waals surface area contributed by atoms with Crippen LogP contribution in [0, 0.1) is 5.82 Å². The Morgan fingerprint density at radius 1 is 0.900 bits per heavy atom. The SMILES string of the molecule is C/C(=N/NC(=O)Cc1ccc(Br)cc1)c1ccc(NC(=O)c2ccc(F)cc2)cc1. The molecule has 152 valence electrons. The summed E-state index contributed by atoms with van der Waals surface area (Å²) in [5.74, 6) is -0.928. The molecule has 3 rings (SSSR count). The van der Waals surface area contributed by atoms with Crippen molar-refractivity contribution in [2.45, 2.75) is 13.3 Å². The average Bonchev–Trinajstić information content (AvgIpc) is 2.74. The Morgan fingerprint density at radius 3 is 2.13 bits per heavy atom. The Labute approximate surface area is 182 Å². The van der Waals surface area contributed by atoms with Gasteiger partial charge in [-0.2, -0.15) is 5.10 Å². The van der Waals surface area contributed by atoms with Gasteiger partial charge in [0, 0.05) is 15.7 Å². The second kappa shape index (κ2) is 9.93. The number of hydrogen-bond acceptors (Lipinski definition) is 3. The van der Waals surface area contributed by atoms with Crippen LogP contribution >= 0.6 is 15.9 Å². The van der Waals surface area contributed by atoms with E-state index in [1.807, 2.05) is 24.3 Å². The zero-order valence-electron chi connectivity index (χ0n) is 16.2. The number of amides is 2. The number of hydrogen-bond donors (Lipinski definition) is 2. The van der Waals surface area contributed by atoms with E-state index >= 15 is 0 Å². The first-order valence-electron chi connectivity index (χ1n) is 9.15. The number of nitrogens with zero attached hydrogens (tertiary/aromatic N) is 1. The summed E-state index contributed by atoms with van der Waals surface area (Å²) in [6.45, 7) is 1.78. The van der Waals surface area contributed by atoms with Crippen molar-refractivity contribution >= 4 is 39.1 Å². The Balaban J connectivity index is 1.56. The standard InChI is InChI=1S/C23H19BrFN3O2/c1-15(27-28-22(29)14-16-2-8-19(24)9-3-16)17-6-12-21(13-7-17)26-23(30)18-4-10-20(25)11-5-18/h2-13H,14H2,1H3,(H,26,30)(H,28,29)/b27-15-. The summed E-state index contributed by atoms with van der Waals surface area (Å²) in [6, 6.07) is 19.9. The molecule has 0 heterocycles. The van der Waals surface area contributed by atoms with Crippen LogP contribution in [0.2, 0.25) is 0 Å². The van der Waals surface area contributed by atoms with E-state index in [9.17, 15) is 14.0 Å². The third-order valence-corrected chi connectivity index (χ3v) is 4.82. The van der Waals surface area contributed by atoms with Gasteiger partial charge in [0.25, 0.3) is 5.91 Å². The topological polar surface area (TPSA) is 70.6 Å². The monoisotopic (exact) mass is 467 g/mol. The molecule has 0 aliphatic rings. The van der Waals surface area contributed by atoms with Crippen molar-refractivity contribution in [2.75, 3.05) is 5.32 Å². The van der Waals surface area contributed by atoms with Gasteiger partial charge in [0.1, 0.15) is 5.82 Å². The fraction of sp³-hybridized carbons (Fsp3) is 0.0870. The summed E-state index contributed by atoms with van der Waals surface area (Å²) in [6.07, 6.45) is 0.235. The molecule has 0 fully saturated rings. The van der Waals surface area contributed by atoms with Gasteiger partial charge in [0.05, 0.1) is 12.1 Å². The van der Waals surface area contributed by atoms with Gasteiger partial charge in [-0.15, -0.1) is 0 Å². The molecular formula is C23H19BrFN3O2. The summed E-state index contributed by atoms with van der Waals surface area (Å²) in [5, 5.41) is 6.89. The molecule has 0 spiro atoms. The van der Waals surface area contributed by atoms with E-state index < -0.39 is 5.82 Å². The fourth-order valence-electron chi connectivity index (χ4n) is 2.64. The van der Waals surface area contributed by atoms with Gasteiger partial charge in [-0.1, -0.05) is 40.2 Å². The normalized spacial score (nSPS) is 11.1. The van der Waals surface area contributed by atoms with Gasteiger partial charge in [-0.25, -0.2) is 9.82 Å². The molecule has 2 amide bonds. The highest BCUT2D eigenvalue weighted by atomic mass is 79.9. The molecule has 0 aromatic heterocycles. The predicted molar refractivity (Wildman–Crippen MR) is 119 cm³/mol. The molecule has 0 atom stereocenters. The zero-order valence-corrected chi connectivity index (χ0v) is 17.7. The van der Waals surface area contributed by atoms with E-state index in [2.05, 4.69) is 31.8 Å². The number of nitrogens with one attached hydrogen (secondary N) is 2. The summed E-state index contributed by atoms with van der Waals surface area (Å²) in [7, 11) is 0. The van der Waals surface area contributed by atoms with E-state index in [0.717, 1.165) is 15.6 Å². The lowest BCUT2D eigenvalue weighted by atomic mass is 10.1. The number of carbonyl (C=O) groups excluding carboxylic acids is 2. The van der Waals surface area contributed by atoms with Crippen LogP contribution in [0.15, 0.2) is 82.4 Å². The van der Waals surface area contributed by atoms with Crippen LogP contribution in [0.25, 0.3) is 0 Å². The lowest BCUT2D eigenvalue weighted by Gasteiger charge is -2.07. The van der Waals surface area contributed by atoms with Crippen molar-refractivity contribution in [1.29, 1.82) is 0 Å². The third-order valence-electron chi connectivity index (χ3n) is 4.29. The van der Waals surface area contributed by atoms with Crippen LogP contribution in [-0.2, 0) is 11.2 Å². The zero-order chi connectivity index (χ0) is 21.5. The van der Waals surface area contributed by atoms with Crippen molar-refractivity contribution in [3.8, 4) is 0 Å². The molecule has 0 radical (unpaired) electrons. The van der Waals surface area contributed by atoms with E-state index in [4.69, 9.17) is 0 Å². The maximum atomic E-state index is 13.0. The van der Waals surface area contributed by atoms with Crippen LogP contribution in [0.3, 0.4) is 0 Å². The van der Waals surface area contributed by atoms with Crippen molar-refractivity contribution in [2.24, 2.45) is 5.10 Å². The van der Waals surface area contributed by atoms with Gasteiger partial charge >= 0.3 is 0 Å². The highest BCUT2D eigenvalue weighted by Crippen LogP contribution is 2.13. The van der Waals surface area contributed by atoms with Gasteiger partial charge in [0.2, 0.25) is 5.91 Å². The fourth-order valence-corrected chi connectivity index (χ4v) is 2.90. The molecule has 0 aliphatic heterocycles. The number of anilines is 1. The Bertz CT molecular complexity index is 1060. The molecular weight excluding hydrogens is 449 g/mol. The van der Waals surface area contributed by atoms with E-state index in [1.54, 1.807) is 31.2 Å². The van der Waals surface area contributed by atoms with Crippen LogP contribution in [0.4, 0.5) is 10.1 Å². The minimum absolute atomic E-state index is 0.208. The minimum atomic E-state index is -0.394. The van der Waals surface area contributed by atoms with Gasteiger partial charge < -0.3 is 5.32 Å². The highest BCUT2D eigenvalue weighted by molar-refractivity contribution is 9.10. The van der Waals surface area contributed by atoms with Crippen molar-refractivity contribution in [1.82, 2.24) is 5.43 Å². The number of carbonyl (C=O) groups is 2. The Morgan fingerprint density at radius 2 is 1.50 bits per heavy atom. The first kappa shape index (κ1) is 21.4. The summed E-state index contributed by atoms with van der Waals surface area (Å²) in [5.41, 5.74) is 5.85. The molecule has 5 nitrogen and oxygen atoms in total. The van der Waals surface area contributed by atoms with Crippen LogP contribution in [-0.4, -0.2) is 17.5 Å². The molecule has 0 saturated carbocycles. The predicted octanol–water partition coefficient (Wildman–Crippen LogP) is 4.92. The van der Waals surface area contributed by atoms with Crippen LogP contribution in [0.5, 0.6) is 0 Å². The first-order valence-corrected chi connectivity index (χ1v) is 9.95. The second-order valence-corrected chi connectivity index (χ2v) is 7.49. The van der Waals surface area contributed by atoms with Crippen molar-refractivity contribution < 1.29 is 14.0 Å². The molecule has 2 N–H and O–H groups in total. The minimum Gasteiger partial charge on any atom is -0.322 e. The van der Waals surface area contributed by atoms with Gasteiger partial charge in [-0.05, 0) is 66.6 Å². The summed E-state index contributed by atoms with van der Waals surface area (Å²) in [4.78, 5) is 24.2. The lowest BCUT2D eigenvalue weighted by molar-refractivity contribution is -0.120. The molecule has 3 aromatic carbocycles. The molecule has 30 heavy (non-hydrogen) atoms. The average molecular weight is 468 g/mol. The van der Waals surface area contributed by atoms with Crippen LogP contribution < -0.4 is 10.7 Å². The largest absolute Gasteiger partial charge is 0.322 e. The van der Waals surface area contributed by atoms with Crippen LogP contribution in [0.1, 0.15) is 28.4 Å². The molecule has 3 aromatic rings. The molecule has 0 unspecified atom stereocenters.